The molecule has 2 aliphatic rings. The summed E-state index contributed by atoms with van der Waals surface area (Å²) in [5, 5.41) is 1.08. The maximum atomic E-state index is 13.7. The van der Waals surface area contributed by atoms with Crippen LogP contribution in [0.1, 0.15) is 40.4 Å². The zero-order valence-electron chi connectivity index (χ0n) is 19.9. The minimum atomic E-state index is -0.245. The molecule has 35 heavy (non-hydrogen) atoms. The maximum Gasteiger partial charge on any atom is 0.255 e. The molecule has 0 unspecified atom stereocenters. The van der Waals surface area contributed by atoms with E-state index in [2.05, 4.69) is 23.2 Å². The van der Waals surface area contributed by atoms with Gasteiger partial charge in [-0.1, -0.05) is 36.4 Å². The lowest BCUT2D eigenvalue weighted by Gasteiger charge is -2.29. The highest BCUT2D eigenvalue weighted by Gasteiger charge is 2.41. The number of aromatic amines is 1. The molecule has 3 heterocycles. The molecular weight excluding hydrogens is 440 g/mol. The normalized spacial score (nSPS) is 19.4. The van der Waals surface area contributed by atoms with Crippen molar-refractivity contribution in [1.82, 2.24) is 9.88 Å². The van der Waals surface area contributed by atoms with Gasteiger partial charge in [-0.15, -0.1) is 0 Å². The molecule has 3 aromatic carbocycles. The predicted octanol–water partition coefficient (Wildman–Crippen LogP) is 5.58. The van der Waals surface area contributed by atoms with Crippen LogP contribution in [0.15, 0.2) is 66.7 Å². The van der Waals surface area contributed by atoms with E-state index in [4.69, 9.17) is 14.2 Å². The second-order valence-electron chi connectivity index (χ2n) is 9.11. The Hall–Kier alpha value is -3.77. The first-order chi connectivity index (χ1) is 17.2. The molecule has 2 aliphatic heterocycles. The van der Waals surface area contributed by atoms with E-state index >= 15 is 0 Å². The van der Waals surface area contributed by atoms with Crippen LogP contribution in [0.5, 0.6) is 11.5 Å². The molecule has 2 atom stereocenters. The number of H-pyrrole nitrogens is 1. The average Bonchev–Trinajstić information content (AvgIpc) is 3.61. The van der Waals surface area contributed by atoms with Crippen LogP contribution in [0.4, 0.5) is 0 Å². The second-order valence-corrected chi connectivity index (χ2v) is 9.11. The van der Waals surface area contributed by atoms with Crippen LogP contribution in [-0.4, -0.2) is 49.3 Å². The van der Waals surface area contributed by atoms with E-state index in [-0.39, 0.29) is 18.1 Å². The molecule has 0 radical (unpaired) electrons. The standard InChI is InChI=1S/C29H28N2O4/c1-33-18-13-14-25(34-2)23(16-18)27-26(22-11-5-6-12-24(22)30-27)28-20-9-3-4-10-21(20)29(32)31(28)17-19-8-7-15-35-19/h3-6,9-14,16,19,28,30H,7-8,15,17H2,1-2H3/t19-,28+/m1/s1. The molecule has 1 fully saturated rings. The largest absolute Gasteiger partial charge is 0.497 e. The number of hydrogen-bond donors (Lipinski definition) is 1. The lowest BCUT2D eigenvalue weighted by Crippen LogP contribution is -2.35. The van der Waals surface area contributed by atoms with Crippen molar-refractivity contribution >= 4 is 16.8 Å². The number of aromatic nitrogens is 1. The summed E-state index contributed by atoms with van der Waals surface area (Å²) in [7, 11) is 3.33. The number of hydrogen-bond acceptors (Lipinski definition) is 4. The van der Waals surface area contributed by atoms with Gasteiger partial charge in [0.25, 0.3) is 5.91 Å². The van der Waals surface area contributed by atoms with Crippen molar-refractivity contribution in [1.29, 1.82) is 0 Å². The van der Waals surface area contributed by atoms with Crippen molar-refractivity contribution in [3.05, 3.63) is 83.4 Å². The van der Waals surface area contributed by atoms with Crippen LogP contribution in [-0.2, 0) is 4.74 Å². The fourth-order valence-electron chi connectivity index (χ4n) is 5.55. The van der Waals surface area contributed by atoms with Crippen molar-refractivity contribution in [2.24, 2.45) is 0 Å². The highest BCUT2D eigenvalue weighted by molar-refractivity contribution is 6.02. The molecule has 6 heteroatoms. The van der Waals surface area contributed by atoms with E-state index in [9.17, 15) is 4.79 Å². The smallest absolute Gasteiger partial charge is 0.255 e. The number of methoxy groups -OCH3 is 2. The molecule has 0 aliphatic carbocycles. The van der Waals surface area contributed by atoms with Gasteiger partial charge in [0.2, 0.25) is 0 Å². The number of ether oxygens (including phenoxy) is 3. The van der Waals surface area contributed by atoms with Gasteiger partial charge in [0.05, 0.1) is 32.1 Å². The first-order valence-electron chi connectivity index (χ1n) is 12.0. The number of benzene rings is 3. The zero-order chi connectivity index (χ0) is 23.9. The number of carbonyl (C=O) groups is 1. The maximum absolute atomic E-state index is 13.7. The lowest BCUT2D eigenvalue weighted by molar-refractivity contribution is 0.0501. The van der Waals surface area contributed by atoms with Gasteiger partial charge in [-0.05, 0) is 48.7 Å². The average molecular weight is 469 g/mol. The monoisotopic (exact) mass is 468 g/mol. The minimum absolute atomic E-state index is 0.0509. The van der Waals surface area contributed by atoms with E-state index in [1.807, 2.05) is 53.4 Å². The fraction of sp³-hybridized carbons (Fsp3) is 0.276. The number of amides is 1. The summed E-state index contributed by atoms with van der Waals surface area (Å²) >= 11 is 0. The number of fused-ring (bicyclic) bond motifs is 2. The Labute approximate surface area is 204 Å². The summed E-state index contributed by atoms with van der Waals surface area (Å²) in [6.07, 6.45) is 2.05. The Morgan fingerprint density at radius 1 is 1.00 bits per heavy atom. The Kier molecular flexibility index (Phi) is 5.46. The SMILES string of the molecule is COc1ccc(OC)c(-c2[nH]c3ccccc3c2[C@@H]2c3ccccc3C(=O)N2C[C@H]2CCCO2)c1. The van der Waals surface area contributed by atoms with E-state index in [0.717, 1.165) is 69.8 Å². The first kappa shape index (κ1) is 21.7. The van der Waals surface area contributed by atoms with Crippen LogP contribution < -0.4 is 9.47 Å². The van der Waals surface area contributed by atoms with Gasteiger partial charge in [0.1, 0.15) is 11.5 Å². The molecule has 6 rings (SSSR count). The summed E-state index contributed by atoms with van der Waals surface area (Å²) in [5.41, 5.74) is 5.66. The van der Waals surface area contributed by atoms with E-state index in [1.54, 1.807) is 14.2 Å². The topological polar surface area (TPSA) is 63.8 Å². The van der Waals surface area contributed by atoms with Crippen LogP contribution in [0, 0.1) is 0 Å². The zero-order valence-corrected chi connectivity index (χ0v) is 19.9. The summed E-state index contributed by atoms with van der Waals surface area (Å²) in [6, 6.07) is 21.7. The highest BCUT2D eigenvalue weighted by atomic mass is 16.5. The Morgan fingerprint density at radius 3 is 2.63 bits per heavy atom. The number of para-hydroxylation sites is 1. The summed E-state index contributed by atoms with van der Waals surface area (Å²) in [6.45, 7) is 1.32. The predicted molar refractivity (Wildman–Crippen MR) is 135 cm³/mol. The molecule has 1 amide bonds. The molecule has 178 valence electrons. The lowest BCUT2D eigenvalue weighted by atomic mass is 9.92. The van der Waals surface area contributed by atoms with E-state index in [1.165, 1.54) is 0 Å². The van der Waals surface area contributed by atoms with Crippen LogP contribution in [0.25, 0.3) is 22.2 Å². The van der Waals surface area contributed by atoms with Crippen LogP contribution in [0.3, 0.4) is 0 Å². The minimum Gasteiger partial charge on any atom is -0.497 e. The quantitative estimate of drug-likeness (QED) is 0.401. The van der Waals surface area contributed by atoms with Gasteiger partial charge in [-0.25, -0.2) is 0 Å². The number of carbonyl (C=O) groups excluding carboxylic acids is 1. The summed E-state index contributed by atoms with van der Waals surface area (Å²) in [4.78, 5) is 19.3. The fourth-order valence-corrected chi connectivity index (χ4v) is 5.55. The van der Waals surface area contributed by atoms with Gasteiger partial charge in [-0.2, -0.15) is 0 Å². The third kappa shape index (κ3) is 3.56. The Bertz CT molecular complexity index is 1400. The van der Waals surface area contributed by atoms with Gasteiger partial charge in [0, 0.05) is 40.7 Å². The van der Waals surface area contributed by atoms with E-state index < -0.39 is 0 Å². The third-order valence-corrected chi connectivity index (χ3v) is 7.18. The third-order valence-electron chi connectivity index (χ3n) is 7.18. The number of rotatable bonds is 6. The first-order valence-corrected chi connectivity index (χ1v) is 12.0. The number of nitrogens with zero attached hydrogens (tertiary/aromatic N) is 1. The molecule has 6 nitrogen and oxygen atoms in total. The molecule has 4 aromatic rings. The van der Waals surface area contributed by atoms with Crippen molar-refractivity contribution in [2.45, 2.75) is 25.0 Å². The molecular formula is C29H28N2O4. The summed E-state index contributed by atoms with van der Waals surface area (Å²) in [5.74, 6) is 1.53. The van der Waals surface area contributed by atoms with Crippen molar-refractivity contribution in [3.8, 4) is 22.8 Å². The number of nitrogens with one attached hydrogen (secondary N) is 1. The van der Waals surface area contributed by atoms with Crippen LogP contribution in [0.2, 0.25) is 0 Å². The Morgan fingerprint density at radius 2 is 1.83 bits per heavy atom. The van der Waals surface area contributed by atoms with Crippen molar-refractivity contribution < 1.29 is 19.0 Å². The molecule has 1 saturated heterocycles. The van der Waals surface area contributed by atoms with Crippen molar-refractivity contribution in [2.75, 3.05) is 27.4 Å². The van der Waals surface area contributed by atoms with Gasteiger partial charge >= 0.3 is 0 Å². The highest BCUT2D eigenvalue weighted by Crippen LogP contribution is 2.47. The van der Waals surface area contributed by atoms with Crippen LogP contribution >= 0.6 is 0 Å². The van der Waals surface area contributed by atoms with E-state index in [0.29, 0.717) is 6.54 Å². The second kappa shape index (κ2) is 8.78. The summed E-state index contributed by atoms with van der Waals surface area (Å²) < 4.78 is 17.3. The van der Waals surface area contributed by atoms with Gasteiger partial charge < -0.3 is 24.1 Å². The molecule has 0 spiro atoms. The van der Waals surface area contributed by atoms with Crippen molar-refractivity contribution in [3.63, 3.8) is 0 Å². The molecule has 1 N–H and O–H groups in total. The van der Waals surface area contributed by atoms with Gasteiger partial charge in [-0.3, -0.25) is 4.79 Å². The van der Waals surface area contributed by atoms with Gasteiger partial charge in [0.15, 0.2) is 0 Å². The molecule has 0 saturated carbocycles. The molecule has 1 aromatic heterocycles. The Balaban J connectivity index is 1.60. The molecule has 0 bridgehead atoms.